The van der Waals surface area contributed by atoms with Crippen LogP contribution in [-0.2, 0) is 22.6 Å². The van der Waals surface area contributed by atoms with Crippen molar-refractivity contribution in [2.75, 3.05) is 13.2 Å². The molecule has 1 N–H and O–H groups in total. The average Bonchev–Trinajstić information content (AvgIpc) is 2.84. The second-order valence-electron chi connectivity index (χ2n) is 8.60. The van der Waals surface area contributed by atoms with Gasteiger partial charge in [0.25, 0.3) is 5.91 Å². The van der Waals surface area contributed by atoms with Crippen molar-refractivity contribution < 1.29 is 14.3 Å². The van der Waals surface area contributed by atoms with E-state index in [-0.39, 0.29) is 25.0 Å². The highest BCUT2D eigenvalue weighted by molar-refractivity contribution is 6.30. The van der Waals surface area contributed by atoms with Crippen LogP contribution in [0.2, 0.25) is 5.02 Å². The predicted molar refractivity (Wildman–Crippen MR) is 136 cm³/mol. The molecule has 1 atom stereocenters. The number of para-hydroxylation sites is 1. The topological polar surface area (TPSA) is 58.6 Å². The summed E-state index contributed by atoms with van der Waals surface area (Å²) in [6.07, 6.45) is 0.391. The maximum Gasteiger partial charge on any atom is 0.261 e. The summed E-state index contributed by atoms with van der Waals surface area (Å²) in [5, 5.41) is 3.59. The van der Waals surface area contributed by atoms with E-state index in [2.05, 4.69) is 5.32 Å². The van der Waals surface area contributed by atoms with Crippen molar-refractivity contribution in [1.82, 2.24) is 10.2 Å². The third-order valence-corrected chi connectivity index (χ3v) is 5.54. The fourth-order valence-corrected chi connectivity index (χ4v) is 3.77. The molecule has 0 heterocycles. The molecule has 3 aromatic carbocycles. The number of rotatable bonds is 11. The molecule has 0 aliphatic rings. The van der Waals surface area contributed by atoms with E-state index < -0.39 is 6.04 Å². The van der Waals surface area contributed by atoms with Gasteiger partial charge in [-0.25, -0.2) is 0 Å². The van der Waals surface area contributed by atoms with Crippen molar-refractivity contribution in [2.45, 2.75) is 32.9 Å². The zero-order chi connectivity index (χ0) is 24.3. The van der Waals surface area contributed by atoms with Crippen molar-refractivity contribution in [3.63, 3.8) is 0 Å². The molecule has 178 valence electrons. The molecule has 0 fully saturated rings. The smallest absolute Gasteiger partial charge is 0.261 e. The second-order valence-corrected chi connectivity index (χ2v) is 9.03. The van der Waals surface area contributed by atoms with Gasteiger partial charge in [0.2, 0.25) is 5.91 Å². The molecule has 0 radical (unpaired) electrons. The Balaban J connectivity index is 1.89. The highest BCUT2D eigenvalue weighted by Gasteiger charge is 2.30. The van der Waals surface area contributed by atoms with Crippen molar-refractivity contribution >= 4 is 23.4 Å². The molecule has 0 aromatic heterocycles. The van der Waals surface area contributed by atoms with Crippen LogP contribution < -0.4 is 10.1 Å². The molecule has 6 heteroatoms. The lowest BCUT2D eigenvalue weighted by Gasteiger charge is -2.31. The van der Waals surface area contributed by atoms with Crippen molar-refractivity contribution in [3.05, 3.63) is 101 Å². The number of nitrogens with zero attached hydrogens (tertiary/aromatic N) is 1. The number of hydrogen-bond donors (Lipinski definition) is 1. The molecule has 0 aliphatic heterocycles. The van der Waals surface area contributed by atoms with Crippen LogP contribution in [0.1, 0.15) is 25.0 Å². The molecular weight excluding hydrogens is 448 g/mol. The molecule has 3 rings (SSSR count). The molecule has 34 heavy (non-hydrogen) atoms. The van der Waals surface area contributed by atoms with Crippen LogP contribution in [0.15, 0.2) is 84.9 Å². The highest BCUT2D eigenvalue weighted by Crippen LogP contribution is 2.18. The fourth-order valence-electron chi connectivity index (χ4n) is 3.55. The highest BCUT2D eigenvalue weighted by atomic mass is 35.5. The van der Waals surface area contributed by atoms with Gasteiger partial charge >= 0.3 is 0 Å². The van der Waals surface area contributed by atoms with E-state index in [4.69, 9.17) is 16.3 Å². The Labute approximate surface area is 206 Å². The maximum absolute atomic E-state index is 13.5. The molecule has 0 aliphatic carbocycles. The van der Waals surface area contributed by atoms with Gasteiger partial charge in [-0.2, -0.15) is 0 Å². The molecule has 0 saturated heterocycles. The molecule has 3 aromatic rings. The zero-order valence-corrected chi connectivity index (χ0v) is 20.4. The first-order valence-electron chi connectivity index (χ1n) is 11.5. The van der Waals surface area contributed by atoms with E-state index in [0.29, 0.717) is 29.7 Å². The minimum absolute atomic E-state index is 0.173. The predicted octanol–water partition coefficient (Wildman–Crippen LogP) is 5.13. The summed E-state index contributed by atoms with van der Waals surface area (Å²) < 4.78 is 5.74. The first kappa shape index (κ1) is 25.3. The molecular formula is C28H31ClN2O3. The number of nitrogens with one attached hydrogen (secondary N) is 1. The minimum atomic E-state index is -0.702. The maximum atomic E-state index is 13.5. The summed E-state index contributed by atoms with van der Waals surface area (Å²) in [5.41, 5.74) is 1.82. The van der Waals surface area contributed by atoms with Gasteiger partial charge in [0.1, 0.15) is 11.8 Å². The number of halogens is 1. The van der Waals surface area contributed by atoms with Crippen LogP contribution in [0.3, 0.4) is 0 Å². The summed E-state index contributed by atoms with van der Waals surface area (Å²) in [5.74, 6) is 0.430. The van der Waals surface area contributed by atoms with Gasteiger partial charge in [-0.05, 0) is 41.3 Å². The lowest BCUT2D eigenvalue weighted by molar-refractivity contribution is -0.142. The Morgan fingerprint density at radius 3 is 2.21 bits per heavy atom. The zero-order valence-electron chi connectivity index (χ0n) is 19.6. The number of ether oxygens (including phenoxy) is 1. The van der Waals surface area contributed by atoms with Crippen molar-refractivity contribution in [1.29, 1.82) is 0 Å². The number of hydrogen-bond acceptors (Lipinski definition) is 3. The largest absolute Gasteiger partial charge is 0.484 e. The Hall–Kier alpha value is -3.31. The molecule has 0 bridgehead atoms. The monoisotopic (exact) mass is 478 g/mol. The van der Waals surface area contributed by atoms with Crippen molar-refractivity contribution in [2.24, 2.45) is 5.92 Å². The number of amides is 2. The fraction of sp³-hybridized carbons (Fsp3) is 0.286. The third-order valence-electron chi connectivity index (χ3n) is 5.30. The Kier molecular flexibility index (Phi) is 9.53. The van der Waals surface area contributed by atoms with E-state index >= 15 is 0 Å². The lowest BCUT2D eigenvalue weighted by atomic mass is 10.0. The van der Waals surface area contributed by atoms with Gasteiger partial charge in [-0.1, -0.05) is 86.1 Å². The summed E-state index contributed by atoms with van der Waals surface area (Å²) in [6, 6.07) is 25.5. The summed E-state index contributed by atoms with van der Waals surface area (Å²) in [7, 11) is 0. The molecule has 5 nitrogen and oxygen atoms in total. The molecule has 2 amide bonds. The van der Waals surface area contributed by atoms with Crippen LogP contribution in [0.5, 0.6) is 5.75 Å². The van der Waals surface area contributed by atoms with Crippen molar-refractivity contribution in [3.8, 4) is 5.75 Å². The summed E-state index contributed by atoms with van der Waals surface area (Å²) in [4.78, 5) is 28.4. The van der Waals surface area contributed by atoms with Gasteiger partial charge in [0.15, 0.2) is 6.61 Å². The van der Waals surface area contributed by atoms with Crippen LogP contribution in [0, 0.1) is 5.92 Å². The van der Waals surface area contributed by atoms with Gasteiger partial charge in [0.05, 0.1) is 0 Å². The average molecular weight is 479 g/mol. The summed E-state index contributed by atoms with van der Waals surface area (Å²) >= 11 is 6.20. The van der Waals surface area contributed by atoms with Crippen LogP contribution in [0.25, 0.3) is 0 Å². The van der Waals surface area contributed by atoms with Gasteiger partial charge < -0.3 is 15.0 Å². The van der Waals surface area contributed by atoms with Gasteiger partial charge in [-0.3, -0.25) is 9.59 Å². The van der Waals surface area contributed by atoms with Gasteiger partial charge in [-0.15, -0.1) is 0 Å². The second kappa shape index (κ2) is 12.8. The molecule has 0 saturated carbocycles. The van der Waals surface area contributed by atoms with E-state index in [0.717, 1.165) is 11.1 Å². The lowest BCUT2D eigenvalue weighted by Crippen LogP contribution is -2.52. The van der Waals surface area contributed by atoms with E-state index in [9.17, 15) is 9.59 Å². The molecule has 0 spiro atoms. The number of carbonyl (C=O) groups is 2. The quantitative estimate of drug-likeness (QED) is 0.415. The Morgan fingerprint density at radius 2 is 1.56 bits per heavy atom. The SMILES string of the molecule is CC(C)CNC(=O)C(Cc1ccccc1)N(Cc1cccc(Cl)c1)C(=O)COc1ccccc1. The van der Waals surface area contributed by atoms with Gasteiger partial charge in [0, 0.05) is 24.5 Å². The third kappa shape index (κ3) is 7.92. The Bertz CT molecular complexity index is 1060. The normalized spacial score (nSPS) is 11.6. The minimum Gasteiger partial charge on any atom is -0.484 e. The van der Waals surface area contributed by atoms with Crippen LogP contribution in [0.4, 0.5) is 0 Å². The number of benzene rings is 3. The standard InChI is InChI=1S/C28H31ClN2O3/c1-21(2)18-30-28(33)26(17-22-10-5-3-6-11-22)31(19-23-12-9-13-24(29)16-23)27(32)20-34-25-14-7-4-8-15-25/h3-16,21,26H,17-20H2,1-2H3,(H,30,33). The van der Waals surface area contributed by atoms with E-state index in [1.807, 2.05) is 80.6 Å². The first-order chi connectivity index (χ1) is 16.4. The summed E-state index contributed by atoms with van der Waals surface area (Å²) in [6.45, 7) is 4.67. The first-order valence-corrected chi connectivity index (χ1v) is 11.8. The van der Waals surface area contributed by atoms with E-state index in [1.165, 1.54) is 0 Å². The van der Waals surface area contributed by atoms with Crippen LogP contribution in [-0.4, -0.2) is 35.9 Å². The van der Waals surface area contributed by atoms with E-state index in [1.54, 1.807) is 23.1 Å². The molecule has 1 unspecified atom stereocenters. The Morgan fingerprint density at radius 1 is 0.912 bits per heavy atom. The number of carbonyl (C=O) groups excluding carboxylic acids is 2. The van der Waals surface area contributed by atoms with Crippen LogP contribution >= 0.6 is 11.6 Å².